The van der Waals surface area contributed by atoms with Gasteiger partial charge in [-0.05, 0) is 32.0 Å². The van der Waals surface area contributed by atoms with Crippen molar-refractivity contribution in [2.45, 2.75) is 25.3 Å². The Bertz CT molecular complexity index is 541. The lowest BCUT2D eigenvalue weighted by molar-refractivity contribution is -0.137. The fourth-order valence-corrected chi connectivity index (χ4v) is 2.01. The van der Waals surface area contributed by atoms with Gasteiger partial charge in [0.05, 0.1) is 16.5 Å². The number of halogens is 4. The molecular weight excluding hydrogens is 291 g/mol. The van der Waals surface area contributed by atoms with Gasteiger partial charge in [0.2, 0.25) is 10.0 Å². The van der Waals surface area contributed by atoms with Gasteiger partial charge in [-0.3, -0.25) is 4.72 Å². The zero-order valence-corrected chi connectivity index (χ0v) is 11.1. The zero-order valence-electron chi connectivity index (χ0n) is 9.55. The molecule has 0 bridgehead atoms. The predicted molar refractivity (Wildman–Crippen MR) is 64.1 cm³/mol. The quantitative estimate of drug-likeness (QED) is 0.928. The van der Waals surface area contributed by atoms with E-state index in [0.29, 0.717) is 6.07 Å². The Hall–Kier alpha value is -0.950. The molecule has 1 rings (SSSR count). The standard InChI is InChI=1S/C10H11ClF3NO2S/c1-6(2)18(16,17)15-9-4-7(10(12,13)14)3-8(11)5-9/h3-6,15H,1-2H3. The molecule has 0 spiro atoms. The fourth-order valence-electron chi connectivity index (χ4n) is 1.09. The lowest BCUT2D eigenvalue weighted by Crippen LogP contribution is -2.22. The van der Waals surface area contributed by atoms with E-state index < -0.39 is 27.0 Å². The van der Waals surface area contributed by atoms with E-state index in [1.807, 2.05) is 0 Å². The third kappa shape index (κ3) is 3.78. The summed E-state index contributed by atoms with van der Waals surface area (Å²) in [6, 6.07) is 2.55. The maximum atomic E-state index is 12.5. The smallest absolute Gasteiger partial charge is 0.283 e. The lowest BCUT2D eigenvalue weighted by Gasteiger charge is -2.13. The number of sulfonamides is 1. The van der Waals surface area contributed by atoms with E-state index in [-0.39, 0.29) is 10.7 Å². The van der Waals surface area contributed by atoms with Crippen LogP contribution in [0.5, 0.6) is 0 Å². The summed E-state index contributed by atoms with van der Waals surface area (Å²) in [5, 5.41) is -0.947. The molecule has 0 aromatic heterocycles. The van der Waals surface area contributed by atoms with Crippen molar-refractivity contribution >= 4 is 27.3 Å². The molecule has 0 fully saturated rings. The maximum absolute atomic E-state index is 12.5. The van der Waals surface area contributed by atoms with Crippen molar-refractivity contribution in [3.8, 4) is 0 Å². The van der Waals surface area contributed by atoms with E-state index in [4.69, 9.17) is 11.6 Å². The number of nitrogens with one attached hydrogen (secondary N) is 1. The second-order valence-electron chi connectivity index (χ2n) is 3.92. The Labute approximate surface area is 108 Å². The molecule has 0 saturated carbocycles. The minimum absolute atomic E-state index is 0.189. The van der Waals surface area contributed by atoms with Gasteiger partial charge in [0.1, 0.15) is 0 Å². The molecule has 0 heterocycles. The van der Waals surface area contributed by atoms with Crippen molar-refractivity contribution < 1.29 is 21.6 Å². The average molecular weight is 302 g/mol. The normalized spacial score (nSPS) is 12.8. The van der Waals surface area contributed by atoms with E-state index in [9.17, 15) is 21.6 Å². The van der Waals surface area contributed by atoms with Crippen molar-refractivity contribution in [3.05, 3.63) is 28.8 Å². The second-order valence-corrected chi connectivity index (χ2v) is 6.60. The fraction of sp³-hybridized carbons (Fsp3) is 0.400. The molecule has 0 saturated heterocycles. The van der Waals surface area contributed by atoms with E-state index in [0.717, 1.165) is 12.1 Å². The van der Waals surface area contributed by atoms with Crippen LogP contribution in [0.2, 0.25) is 5.02 Å². The van der Waals surface area contributed by atoms with Gasteiger partial charge in [0.25, 0.3) is 0 Å². The van der Waals surface area contributed by atoms with Gasteiger partial charge in [-0.25, -0.2) is 8.42 Å². The molecule has 0 unspecified atom stereocenters. The zero-order chi connectivity index (χ0) is 14.1. The summed E-state index contributed by atoms with van der Waals surface area (Å²) in [6.07, 6.45) is -4.58. The molecule has 0 aliphatic heterocycles. The van der Waals surface area contributed by atoms with Crippen molar-refractivity contribution in [2.75, 3.05) is 4.72 Å². The average Bonchev–Trinajstić information content (AvgIpc) is 2.13. The van der Waals surface area contributed by atoms with Gasteiger partial charge < -0.3 is 0 Å². The molecular formula is C10H11ClF3NO2S. The number of rotatable bonds is 3. The van der Waals surface area contributed by atoms with E-state index in [1.165, 1.54) is 13.8 Å². The number of hydrogen-bond acceptors (Lipinski definition) is 2. The Morgan fingerprint density at radius 1 is 1.22 bits per heavy atom. The summed E-state index contributed by atoms with van der Waals surface area (Å²) in [7, 11) is -3.71. The second kappa shape index (κ2) is 4.97. The maximum Gasteiger partial charge on any atom is 0.416 e. The summed E-state index contributed by atoms with van der Waals surface area (Å²) in [6.45, 7) is 2.83. The highest BCUT2D eigenvalue weighted by Gasteiger charge is 2.31. The summed E-state index contributed by atoms with van der Waals surface area (Å²) < 4.78 is 62.6. The monoisotopic (exact) mass is 301 g/mol. The first-order valence-corrected chi connectivity index (χ1v) is 6.84. The first-order valence-electron chi connectivity index (χ1n) is 4.92. The highest BCUT2D eigenvalue weighted by Crippen LogP contribution is 2.33. The Balaban J connectivity index is 3.17. The Morgan fingerprint density at radius 3 is 2.22 bits per heavy atom. The van der Waals surface area contributed by atoms with Crippen molar-refractivity contribution in [2.24, 2.45) is 0 Å². The topological polar surface area (TPSA) is 46.2 Å². The minimum atomic E-state index is -4.58. The number of anilines is 1. The van der Waals surface area contributed by atoms with Crippen LogP contribution in [0.15, 0.2) is 18.2 Å². The SMILES string of the molecule is CC(C)S(=O)(=O)Nc1cc(Cl)cc(C(F)(F)F)c1. The van der Waals surface area contributed by atoms with Crippen LogP contribution in [0.4, 0.5) is 18.9 Å². The van der Waals surface area contributed by atoms with Crippen LogP contribution in [0.3, 0.4) is 0 Å². The van der Waals surface area contributed by atoms with E-state index >= 15 is 0 Å². The van der Waals surface area contributed by atoms with Crippen LogP contribution >= 0.6 is 11.6 Å². The minimum Gasteiger partial charge on any atom is -0.283 e. The first kappa shape index (κ1) is 15.1. The largest absolute Gasteiger partial charge is 0.416 e. The predicted octanol–water partition coefficient (Wildman–Crippen LogP) is 3.51. The van der Waals surface area contributed by atoms with Gasteiger partial charge >= 0.3 is 6.18 Å². The highest BCUT2D eigenvalue weighted by molar-refractivity contribution is 7.93. The van der Waals surface area contributed by atoms with Crippen LogP contribution in [0, 0.1) is 0 Å². The molecule has 1 N–H and O–H groups in total. The van der Waals surface area contributed by atoms with Gasteiger partial charge in [0, 0.05) is 5.02 Å². The third-order valence-corrected chi connectivity index (χ3v) is 4.09. The van der Waals surface area contributed by atoms with Gasteiger partial charge in [0.15, 0.2) is 0 Å². The van der Waals surface area contributed by atoms with Crippen LogP contribution in [-0.2, 0) is 16.2 Å². The summed E-state index contributed by atoms with van der Waals surface area (Å²) in [4.78, 5) is 0. The van der Waals surface area contributed by atoms with Crippen molar-refractivity contribution in [1.82, 2.24) is 0 Å². The molecule has 0 aliphatic carbocycles. The number of benzene rings is 1. The molecule has 1 aromatic carbocycles. The number of alkyl halides is 3. The molecule has 0 atom stereocenters. The van der Waals surface area contributed by atoms with Crippen LogP contribution in [0.25, 0.3) is 0 Å². The molecule has 102 valence electrons. The molecule has 3 nitrogen and oxygen atoms in total. The molecule has 18 heavy (non-hydrogen) atoms. The molecule has 1 aromatic rings. The van der Waals surface area contributed by atoms with Crippen LogP contribution in [-0.4, -0.2) is 13.7 Å². The van der Waals surface area contributed by atoms with Crippen molar-refractivity contribution in [1.29, 1.82) is 0 Å². The highest BCUT2D eigenvalue weighted by atomic mass is 35.5. The molecule has 0 aliphatic rings. The molecule has 8 heteroatoms. The van der Waals surface area contributed by atoms with E-state index in [2.05, 4.69) is 4.72 Å². The summed E-state index contributed by atoms with van der Waals surface area (Å²) >= 11 is 5.53. The van der Waals surface area contributed by atoms with Gasteiger partial charge in [-0.15, -0.1) is 0 Å². The molecule has 0 radical (unpaired) electrons. The number of hydrogen-bond donors (Lipinski definition) is 1. The van der Waals surface area contributed by atoms with E-state index in [1.54, 1.807) is 0 Å². The molecule has 0 amide bonds. The summed E-state index contributed by atoms with van der Waals surface area (Å²) in [5.74, 6) is 0. The Kier molecular flexibility index (Phi) is 4.17. The summed E-state index contributed by atoms with van der Waals surface area (Å²) in [5.41, 5.74) is -1.21. The Morgan fingerprint density at radius 2 is 1.78 bits per heavy atom. The van der Waals surface area contributed by atoms with Crippen LogP contribution < -0.4 is 4.72 Å². The third-order valence-electron chi connectivity index (χ3n) is 2.11. The first-order chi connectivity index (χ1) is 8.02. The van der Waals surface area contributed by atoms with Crippen molar-refractivity contribution in [3.63, 3.8) is 0 Å². The lowest BCUT2D eigenvalue weighted by atomic mass is 10.2. The van der Waals surface area contributed by atoms with Crippen LogP contribution in [0.1, 0.15) is 19.4 Å². The van der Waals surface area contributed by atoms with Gasteiger partial charge in [-0.1, -0.05) is 11.6 Å². The van der Waals surface area contributed by atoms with Gasteiger partial charge in [-0.2, -0.15) is 13.2 Å².